The molecular formula is C17H23BrClN3O2. The lowest BCUT2D eigenvalue weighted by Crippen LogP contribution is -2.42. The zero-order valence-corrected chi connectivity index (χ0v) is 16.3. The molecule has 1 aromatic rings. The molecule has 2 fully saturated rings. The molecule has 2 heterocycles. The van der Waals surface area contributed by atoms with Gasteiger partial charge in [-0.15, -0.1) is 12.4 Å². The Morgan fingerprint density at radius 1 is 1.42 bits per heavy atom. The van der Waals surface area contributed by atoms with Crippen LogP contribution in [0.4, 0.5) is 5.69 Å². The lowest BCUT2D eigenvalue weighted by atomic mass is 10.1. The summed E-state index contributed by atoms with van der Waals surface area (Å²) in [6, 6.07) is 6.11. The summed E-state index contributed by atoms with van der Waals surface area (Å²) in [6.45, 7) is 4.27. The molecule has 3 rings (SSSR count). The standard InChI is InChI=1S/C17H22BrN3O2.ClH/c1-11-7-13(3-4-15(11)18)21-10-12(8-16(21)22)17(23)20(2)14-5-6-19-9-14;/h3-4,7,12,14,19H,5-6,8-10H2,1-2H3;1H. The van der Waals surface area contributed by atoms with Crippen molar-refractivity contribution in [1.29, 1.82) is 0 Å². The molecule has 2 saturated heterocycles. The van der Waals surface area contributed by atoms with Gasteiger partial charge in [0, 0.05) is 42.8 Å². The van der Waals surface area contributed by atoms with Gasteiger partial charge in [-0.05, 0) is 43.7 Å². The molecule has 2 aliphatic heterocycles. The number of hydrogen-bond donors (Lipinski definition) is 1. The molecule has 2 atom stereocenters. The molecule has 7 heteroatoms. The molecule has 0 aromatic heterocycles. The number of hydrogen-bond acceptors (Lipinski definition) is 3. The molecule has 0 bridgehead atoms. The van der Waals surface area contributed by atoms with Gasteiger partial charge < -0.3 is 15.1 Å². The first kappa shape index (κ1) is 19.2. The van der Waals surface area contributed by atoms with Gasteiger partial charge in [0.2, 0.25) is 11.8 Å². The van der Waals surface area contributed by atoms with Crippen LogP contribution in [0.25, 0.3) is 0 Å². The van der Waals surface area contributed by atoms with E-state index in [0.29, 0.717) is 13.0 Å². The van der Waals surface area contributed by atoms with E-state index in [1.807, 2.05) is 37.1 Å². The number of benzene rings is 1. The first-order chi connectivity index (χ1) is 11.0. The number of likely N-dealkylation sites (N-methyl/N-ethyl adjacent to an activating group) is 1. The lowest BCUT2D eigenvalue weighted by molar-refractivity contribution is -0.136. The number of halogens is 2. The summed E-state index contributed by atoms with van der Waals surface area (Å²) in [5.74, 6) is -0.122. The molecule has 0 aliphatic carbocycles. The first-order valence-electron chi connectivity index (χ1n) is 8.01. The Bertz CT molecular complexity index is 634. The highest BCUT2D eigenvalue weighted by Crippen LogP contribution is 2.29. The van der Waals surface area contributed by atoms with Crippen LogP contribution in [0.5, 0.6) is 0 Å². The fourth-order valence-electron chi connectivity index (χ4n) is 3.36. The molecule has 1 aromatic carbocycles. The van der Waals surface area contributed by atoms with E-state index in [2.05, 4.69) is 21.2 Å². The Hall–Kier alpha value is -1.11. The van der Waals surface area contributed by atoms with Gasteiger partial charge in [0.05, 0.1) is 5.92 Å². The van der Waals surface area contributed by atoms with Crippen molar-refractivity contribution < 1.29 is 9.59 Å². The highest BCUT2D eigenvalue weighted by atomic mass is 79.9. The molecule has 132 valence electrons. The van der Waals surface area contributed by atoms with Crippen LogP contribution in [-0.2, 0) is 9.59 Å². The summed E-state index contributed by atoms with van der Waals surface area (Å²) in [4.78, 5) is 28.6. The SMILES string of the molecule is Cc1cc(N2CC(C(=O)N(C)C3CCNC3)CC2=O)ccc1Br.Cl. The normalized spacial score (nSPS) is 23.3. The smallest absolute Gasteiger partial charge is 0.228 e. The average molecular weight is 417 g/mol. The van der Waals surface area contributed by atoms with Gasteiger partial charge >= 0.3 is 0 Å². The van der Waals surface area contributed by atoms with Crippen LogP contribution in [0.15, 0.2) is 22.7 Å². The van der Waals surface area contributed by atoms with Crippen LogP contribution < -0.4 is 10.2 Å². The van der Waals surface area contributed by atoms with E-state index >= 15 is 0 Å². The van der Waals surface area contributed by atoms with Gasteiger partial charge in [0.25, 0.3) is 0 Å². The van der Waals surface area contributed by atoms with Crippen molar-refractivity contribution in [2.45, 2.75) is 25.8 Å². The van der Waals surface area contributed by atoms with Crippen molar-refractivity contribution in [3.05, 3.63) is 28.2 Å². The monoisotopic (exact) mass is 415 g/mol. The summed E-state index contributed by atoms with van der Waals surface area (Å²) in [7, 11) is 1.86. The summed E-state index contributed by atoms with van der Waals surface area (Å²) >= 11 is 3.47. The van der Waals surface area contributed by atoms with Gasteiger partial charge in [-0.1, -0.05) is 15.9 Å². The first-order valence-corrected chi connectivity index (χ1v) is 8.80. The Labute approximate surface area is 157 Å². The molecule has 0 spiro atoms. The van der Waals surface area contributed by atoms with E-state index in [1.165, 1.54) is 0 Å². The van der Waals surface area contributed by atoms with E-state index in [-0.39, 0.29) is 36.2 Å². The third kappa shape index (κ3) is 3.76. The second kappa shape index (κ2) is 7.85. The number of nitrogens with one attached hydrogen (secondary N) is 1. The van der Waals surface area contributed by atoms with Gasteiger partial charge in [0.1, 0.15) is 0 Å². The Kier molecular flexibility index (Phi) is 6.28. The number of amides is 2. The number of anilines is 1. The van der Waals surface area contributed by atoms with Crippen LogP contribution in [0.2, 0.25) is 0 Å². The van der Waals surface area contributed by atoms with Gasteiger partial charge in [-0.25, -0.2) is 0 Å². The van der Waals surface area contributed by atoms with E-state index in [4.69, 9.17) is 0 Å². The largest absolute Gasteiger partial charge is 0.341 e. The molecule has 0 radical (unpaired) electrons. The summed E-state index contributed by atoms with van der Waals surface area (Å²) in [6.07, 6.45) is 1.29. The summed E-state index contributed by atoms with van der Waals surface area (Å²) in [5, 5.41) is 3.28. The fraction of sp³-hybridized carbons (Fsp3) is 0.529. The number of aryl methyl sites for hydroxylation is 1. The van der Waals surface area contributed by atoms with Crippen LogP contribution >= 0.6 is 28.3 Å². The predicted octanol–water partition coefficient (Wildman–Crippen LogP) is 2.35. The highest BCUT2D eigenvalue weighted by molar-refractivity contribution is 9.10. The zero-order chi connectivity index (χ0) is 16.6. The van der Waals surface area contributed by atoms with E-state index in [9.17, 15) is 9.59 Å². The molecule has 2 aliphatic rings. The molecule has 24 heavy (non-hydrogen) atoms. The minimum Gasteiger partial charge on any atom is -0.341 e. The van der Waals surface area contributed by atoms with Crippen molar-refractivity contribution in [3.8, 4) is 0 Å². The quantitative estimate of drug-likeness (QED) is 0.823. The molecule has 1 N–H and O–H groups in total. The van der Waals surface area contributed by atoms with Crippen LogP contribution in [0.3, 0.4) is 0 Å². The van der Waals surface area contributed by atoms with Gasteiger partial charge in [-0.2, -0.15) is 0 Å². The van der Waals surface area contributed by atoms with Crippen LogP contribution in [-0.4, -0.2) is 49.4 Å². The van der Waals surface area contributed by atoms with E-state index in [0.717, 1.165) is 35.2 Å². The highest BCUT2D eigenvalue weighted by Gasteiger charge is 2.38. The second-order valence-electron chi connectivity index (χ2n) is 6.43. The molecule has 0 saturated carbocycles. The average Bonchev–Trinajstić information content (AvgIpc) is 3.18. The zero-order valence-electron chi connectivity index (χ0n) is 13.9. The second-order valence-corrected chi connectivity index (χ2v) is 7.29. The van der Waals surface area contributed by atoms with E-state index in [1.54, 1.807) is 4.90 Å². The Morgan fingerprint density at radius 2 is 2.17 bits per heavy atom. The minimum atomic E-state index is -0.239. The summed E-state index contributed by atoms with van der Waals surface area (Å²) in [5.41, 5.74) is 1.95. The van der Waals surface area contributed by atoms with Crippen molar-refractivity contribution in [1.82, 2.24) is 10.2 Å². The number of carbonyl (C=O) groups is 2. The van der Waals surface area contributed by atoms with Crippen molar-refractivity contribution >= 4 is 45.8 Å². The predicted molar refractivity (Wildman–Crippen MR) is 101 cm³/mol. The van der Waals surface area contributed by atoms with Gasteiger partial charge in [-0.3, -0.25) is 9.59 Å². The van der Waals surface area contributed by atoms with Crippen LogP contribution in [0.1, 0.15) is 18.4 Å². The molecule has 5 nitrogen and oxygen atoms in total. The maximum atomic E-state index is 12.7. The Morgan fingerprint density at radius 3 is 2.79 bits per heavy atom. The van der Waals surface area contributed by atoms with Crippen LogP contribution in [0, 0.1) is 12.8 Å². The molecule has 2 unspecified atom stereocenters. The lowest BCUT2D eigenvalue weighted by Gasteiger charge is -2.26. The summed E-state index contributed by atoms with van der Waals surface area (Å²) < 4.78 is 1.02. The minimum absolute atomic E-state index is 0. The van der Waals surface area contributed by atoms with Crippen molar-refractivity contribution in [3.63, 3.8) is 0 Å². The van der Waals surface area contributed by atoms with Crippen molar-refractivity contribution in [2.75, 3.05) is 31.6 Å². The fourth-order valence-corrected chi connectivity index (χ4v) is 3.60. The topological polar surface area (TPSA) is 52.7 Å². The third-order valence-electron chi connectivity index (χ3n) is 4.86. The molecular weight excluding hydrogens is 394 g/mol. The van der Waals surface area contributed by atoms with Crippen molar-refractivity contribution in [2.24, 2.45) is 5.92 Å². The number of carbonyl (C=O) groups excluding carboxylic acids is 2. The Balaban J connectivity index is 0.00000208. The number of rotatable bonds is 3. The molecule has 2 amide bonds. The van der Waals surface area contributed by atoms with E-state index < -0.39 is 0 Å². The third-order valence-corrected chi connectivity index (χ3v) is 5.75. The number of nitrogens with zero attached hydrogens (tertiary/aromatic N) is 2. The maximum Gasteiger partial charge on any atom is 0.228 e. The maximum absolute atomic E-state index is 12.7. The van der Waals surface area contributed by atoms with Gasteiger partial charge in [0.15, 0.2) is 0 Å².